The topological polar surface area (TPSA) is 60.5 Å². The molecule has 1 aromatic rings. The zero-order valence-corrected chi connectivity index (χ0v) is 9.33. The highest BCUT2D eigenvalue weighted by molar-refractivity contribution is 7.13. The van der Waals surface area contributed by atoms with Gasteiger partial charge >= 0.3 is 0 Å². The van der Waals surface area contributed by atoms with Crippen LogP contribution in [0.25, 0.3) is 5.57 Å². The second kappa shape index (κ2) is 4.55. The zero-order chi connectivity index (χ0) is 10.7. The van der Waals surface area contributed by atoms with E-state index >= 15 is 0 Å². The van der Waals surface area contributed by atoms with Crippen LogP contribution in [-0.4, -0.2) is 30.5 Å². The Morgan fingerprint density at radius 3 is 3.00 bits per heavy atom. The van der Waals surface area contributed by atoms with Gasteiger partial charge in [-0.3, -0.25) is 4.99 Å². The van der Waals surface area contributed by atoms with Gasteiger partial charge in [0.15, 0.2) is 0 Å². The van der Waals surface area contributed by atoms with E-state index < -0.39 is 0 Å². The van der Waals surface area contributed by atoms with Crippen LogP contribution in [0.5, 0.6) is 0 Å². The molecular weight excluding hydrogens is 210 g/mol. The van der Waals surface area contributed by atoms with Crippen LogP contribution in [-0.2, 0) is 4.74 Å². The Labute approximate surface area is 92.5 Å². The van der Waals surface area contributed by atoms with Crippen LogP contribution in [0.4, 0.5) is 0 Å². The average molecular weight is 223 g/mol. The number of allylic oxidation sites excluding steroid dienone is 1. The second-order valence-electron chi connectivity index (χ2n) is 3.33. The molecule has 4 nitrogen and oxygen atoms in total. The van der Waals surface area contributed by atoms with E-state index in [0.717, 1.165) is 28.7 Å². The van der Waals surface area contributed by atoms with E-state index in [4.69, 9.17) is 10.5 Å². The van der Waals surface area contributed by atoms with Crippen LogP contribution in [0.15, 0.2) is 17.4 Å². The lowest BCUT2D eigenvalue weighted by atomic mass is 10.2. The summed E-state index contributed by atoms with van der Waals surface area (Å²) in [6, 6.07) is 0.300. The summed E-state index contributed by atoms with van der Waals surface area (Å²) in [5, 5.41) is 1.03. The molecule has 15 heavy (non-hydrogen) atoms. The SMILES string of the molecule is Cc1ncc(/C(C=NC2COC2)=C/N)s1. The molecule has 0 atom stereocenters. The molecule has 80 valence electrons. The Morgan fingerprint density at radius 1 is 1.73 bits per heavy atom. The molecule has 0 aliphatic carbocycles. The Bertz CT molecular complexity index is 393. The number of ether oxygens (including phenoxy) is 1. The predicted molar refractivity (Wildman–Crippen MR) is 62.1 cm³/mol. The molecule has 1 fully saturated rings. The fourth-order valence-corrected chi connectivity index (χ4v) is 1.95. The fourth-order valence-electron chi connectivity index (χ4n) is 1.18. The Morgan fingerprint density at radius 2 is 2.53 bits per heavy atom. The van der Waals surface area contributed by atoms with Crippen molar-refractivity contribution in [3.63, 3.8) is 0 Å². The quantitative estimate of drug-likeness (QED) is 0.784. The molecule has 1 saturated heterocycles. The van der Waals surface area contributed by atoms with Crippen molar-refractivity contribution in [1.29, 1.82) is 0 Å². The molecule has 0 amide bonds. The summed E-state index contributed by atoms with van der Waals surface area (Å²) in [4.78, 5) is 9.60. The smallest absolute Gasteiger partial charge is 0.0966 e. The molecule has 1 aliphatic rings. The fraction of sp³-hybridized carbons (Fsp3) is 0.400. The number of aromatic nitrogens is 1. The van der Waals surface area contributed by atoms with E-state index in [9.17, 15) is 0 Å². The standard InChI is InChI=1S/C10H13N3OS/c1-7-12-4-10(15-7)8(2-11)3-13-9-5-14-6-9/h2-4,9H,5-6,11H2,1H3/b8-2+,13-3?. The van der Waals surface area contributed by atoms with Gasteiger partial charge in [0, 0.05) is 24.2 Å². The van der Waals surface area contributed by atoms with Gasteiger partial charge in [-0.2, -0.15) is 0 Å². The summed E-state index contributed by atoms with van der Waals surface area (Å²) in [7, 11) is 0. The third kappa shape index (κ3) is 2.43. The van der Waals surface area contributed by atoms with Gasteiger partial charge in [-0.1, -0.05) is 0 Å². The van der Waals surface area contributed by atoms with E-state index in [2.05, 4.69) is 9.98 Å². The van der Waals surface area contributed by atoms with Crippen LogP contribution < -0.4 is 5.73 Å². The van der Waals surface area contributed by atoms with Gasteiger partial charge in [0.1, 0.15) is 0 Å². The Hall–Kier alpha value is -1.20. The Balaban J connectivity index is 2.07. The average Bonchev–Trinajstić information content (AvgIpc) is 2.56. The number of aryl methyl sites for hydroxylation is 1. The first kappa shape index (κ1) is 10.3. The summed E-state index contributed by atoms with van der Waals surface area (Å²) < 4.78 is 5.04. The molecule has 0 saturated carbocycles. The van der Waals surface area contributed by atoms with E-state index in [-0.39, 0.29) is 0 Å². The lowest BCUT2D eigenvalue weighted by molar-refractivity contribution is 0.0136. The van der Waals surface area contributed by atoms with Crippen LogP contribution in [0.3, 0.4) is 0 Å². The maximum Gasteiger partial charge on any atom is 0.0966 e. The molecule has 0 spiro atoms. The van der Waals surface area contributed by atoms with Crippen LogP contribution in [0.2, 0.25) is 0 Å². The van der Waals surface area contributed by atoms with E-state index in [1.807, 2.05) is 13.1 Å². The largest absolute Gasteiger partial charge is 0.404 e. The van der Waals surface area contributed by atoms with Crippen LogP contribution >= 0.6 is 11.3 Å². The van der Waals surface area contributed by atoms with Crippen molar-refractivity contribution < 1.29 is 4.74 Å². The van der Waals surface area contributed by atoms with E-state index in [0.29, 0.717) is 6.04 Å². The second-order valence-corrected chi connectivity index (χ2v) is 4.57. The molecule has 5 heteroatoms. The van der Waals surface area contributed by atoms with Gasteiger partial charge in [0.2, 0.25) is 0 Å². The summed E-state index contributed by atoms with van der Waals surface area (Å²) in [5.74, 6) is 0. The molecular formula is C10H13N3OS. The number of aliphatic imine (C=N–C) groups is 1. The van der Waals surface area contributed by atoms with Crippen molar-refractivity contribution in [3.05, 3.63) is 22.3 Å². The molecule has 0 aromatic carbocycles. The summed E-state index contributed by atoms with van der Waals surface area (Å²) in [6.07, 6.45) is 5.19. The lowest BCUT2D eigenvalue weighted by Crippen LogP contribution is -2.31. The van der Waals surface area contributed by atoms with Crippen molar-refractivity contribution in [2.24, 2.45) is 10.7 Å². The van der Waals surface area contributed by atoms with Crippen molar-refractivity contribution in [2.75, 3.05) is 13.2 Å². The minimum Gasteiger partial charge on any atom is -0.404 e. The molecule has 0 bridgehead atoms. The summed E-state index contributed by atoms with van der Waals surface area (Å²) in [6.45, 7) is 3.41. The van der Waals surface area contributed by atoms with E-state index in [1.165, 1.54) is 0 Å². The highest BCUT2D eigenvalue weighted by atomic mass is 32.1. The highest BCUT2D eigenvalue weighted by Crippen LogP contribution is 2.19. The third-order valence-corrected chi connectivity index (χ3v) is 3.09. The number of nitrogens with two attached hydrogens (primary N) is 1. The van der Waals surface area contributed by atoms with Gasteiger partial charge in [-0.25, -0.2) is 4.98 Å². The third-order valence-electron chi connectivity index (χ3n) is 2.13. The highest BCUT2D eigenvalue weighted by Gasteiger charge is 2.16. The van der Waals surface area contributed by atoms with Gasteiger partial charge in [0.25, 0.3) is 0 Å². The first-order chi connectivity index (χ1) is 7.29. The van der Waals surface area contributed by atoms with Gasteiger partial charge in [-0.05, 0) is 6.92 Å². The predicted octanol–water partition coefficient (Wildman–Crippen LogP) is 1.22. The van der Waals surface area contributed by atoms with E-state index in [1.54, 1.807) is 23.8 Å². The number of nitrogens with zero attached hydrogens (tertiary/aromatic N) is 2. The Kier molecular flexibility index (Phi) is 3.13. The van der Waals surface area contributed by atoms with Crippen LogP contribution in [0, 0.1) is 6.92 Å². The first-order valence-corrected chi connectivity index (χ1v) is 5.57. The molecule has 2 heterocycles. The number of hydrogen-bond donors (Lipinski definition) is 1. The van der Waals surface area contributed by atoms with Gasteiger partial charge in [-0.15, -0.1) is 11.3 Å². The number of hydrogen-bond acceptors (Lipinski definition) is 5. The normalized spacial score (nSPS) is 18.3. The monoisotopic (exact) mass is 223 g/mol. The van der Waals surface area contributed by atoms with Crippen molar-refractivity contribution >= 4 is 23.1 Å². The maximum atomic E-state index is 5.55. The molecule has 2 rings (SSSR count). The summed E-state index contributed by atoms with van der Waals surface area (Å²) in [5.41, 5.74) is 6.48. The molecule has 0 unspecified atom stereocenters. The van der Waals surface area contributed by atoms with Crippen molar-refractivity contribution in [3.8, 4) is 0 Å². The van der Waals surface area contributed by atoms with Crippen LogP contribution in [0.1, 0.15) is 9.88 Å². The van der Waals surface area contributed by atoms with Gasteiger partial charge < -0.3 is 10.5 Å². The molecule has 1 aliphatic heterocycles. The van der Waals surface area contributed by atoms with Crippen molar-refractivity contribution in [2.45, 2.75) is 13.0 Å². The minimum atomic E-state index is 0.300. The minimum absolute atomic E-state index is 0.300. The maximum absolute atomic E-state index is 5.55. The number of thiazole rings is 1. The first-order valence-electron chi connectivity index (χ1n) is 4.75. The molecule has 0 radical (unpaired) electrons. The number of rotatable bonds is 3. The molecule has 2 N–H and O–H groups in total. The lowest BCUT2D eigenvalue weighted by Gasteiger charge is -2.21. The summed E-state index contributed by atoms with van der Waals surface area (Å²) >= 11 is 1.62. The molecule has 1 aromatic heterocycles. The van der Waals surface area contributed by atoms with Gasteiger partial charge in [0.05, 0.1) is 29.1 Å². The van der Waals surface area contributed by atoms with Crippen molar-refractivity contribution in [1.82, 2.24) is 4.98 Å². The zero-order valence-electron chi connectivity index (χ0n) is 8.51.